The fraction of sp³-hybridized carbons (Fsp3) is 0.400. The number of aliphatic hydroxyl groups is 1. The molecule has 0 spiro atoms. The van der Waals surface area contributed by atoms with Gasteiger partial charge < -0.3 is 5.11 Å². The fourth-order valence-corrected chi connectivity index (χ4v) is 0.971. The van der Waals surface area contributed by atoms with E-state index in [0.717, 1.165) is 0 Å². The van der Waals surface area contributed by atoms with Crippen LogP contribution < -0.4 is 0 Å². The lowest BCUT2D eigenvalue weighted by molar-refractivity contribution is 0.288. The van der Waals surface area contributed by atoms with Gasteiger partial charge in [0.05, 0.1) is 6.26 Å². The Morgan fingerprint density at radius 1 is 1.31 bits per heavy atom. The average molecular weight is 250 g/mol. The Bertz CT molecular complexity index is 395. The molecule has 0 aliphatic heterocycles. The van der Waals surface area contributed by atoms with E-state index < -0.39 is 10.1 Å². The summed E-state index contributed by atoms with van der Waals surface area (Å²) >= 11 is 0. The molecule has 0 atom stereocenters. The molecule has 0 bridgehead atoms. The maximum Gasteiger partial charge on any atom is 0.261 e. The van der Waals surface area contributed by atoms with Gasteiger partial charge in [0.15, 0.2) is 0 Å². The Hall–Kier alpha value is -0.980. The second kappa shape index (κ2) is 7.32. The summed E-state index contributed by atoms with van der Waals surface area (Å²) in [4.78, 5) is 0. The molecule has 2 N–H and O–H groups in total. The molecule has 0 saturated carbocycles. The first-order valence-electron chi connectivity index (χ1n) is 4.61. The van der Waals surface area contributed by atoms with E-state index in [1.165, 1.54) is 6.07 Å². The van der Waals surface area contributed by atoms with Crippen molar-refractivity contribution in [2.45, 2.75) is 12.8 Å². The topological polar surface area (TPSA) is 74.6 Å². The van der Waals surface area contributed by atoms with Crippen molar-refractivity contribution >= 4 is 10.1 Å². The minimum Gasteiger partial charge on any atom is -0.396 e. The van der Waals surface area contributed by atoms with E-state index in [-0.39, 0.29) is 12.4 Å². The minimum absolute atomic E-state index is 0.119. The first kappa shape index (κ1) is 15.0. The molecule has 0 aliphatic rings. The Kier molecular flexibility index (Phi) is 6.87. The van der Waals surface area contributed by atoms with Crippen LogP contribution >= 0.6 is 0 Å². The van der Waals surface area contributed by atoms with Gasteiger partial charge in [0.2, 0.25) is 0 Å². The molecule has 1 aromatic rings. The Morgan fingerprint density at radius 3 is 2.25 bits per heavy atom. The third-order valence-electron chi connectivity index (χ3n) is 1.56. The van der Waals surface area contributed by atoms with Crippen molar-refractivity contribution in [1.29, 1.82) is 0 Å². The molecular weight excluding hydrogens is 235 g/mol. The number of aliphatic hydroxyl groups excluding tert-OH is 1. The summed E-state index contributed by atoms with van der Waals surface area (Å²) in [5.74, 6) is -0.180. The van der Waals surface area contributed by atoms with Crippen LogP contribution in [0, 0.1) is 5.82 Å². The van der Waals surface area contributed by atoms with Gasteiger partial charge in [0.1, 0.15) is 5.82 Å². The molecule has 0 aliphatic carbocycles. The van der Waals surface area contributed by atoms with Gasteiger partial charge in [0.25, 0.3) is 10.1 Å². The zero-order chi connectivity index (χ0) is 12.6. The van der Waals surface area contributed by atoms with Crippen LogP contribution in [0.2, 0.25) is 0 Å². The van der Waals surface area contributed by atoms with Crippen molar-refractivity contribution < 1.29 is 22.5 Å². The molecule has 1 aromatic carbocycles. The van der Waals surface area contributed by atoms with E-state index in [1.54, 1.807) is 18.2 Å². The second-order valence-corrected chi connectivity index (χ2v) is 4.62. The summed E-state index contributed by atoms with van der Waals surface area (Å²) in [5, 5.41) is 8.50. The van der Waals surface area contributed by atoms with E-state index in [0.29, 0.717) is 24.7 Å². The number of benzene rings is 1. The summed E-state index contributed by atoms with van der Waals surface area (Å²) in [6.45, 7) is 0.119. The zero-order valence-electron chi connectivity index (χ0n) is 8.93. The van der Waals surface area contributed by atoms with E-state index >= 15 is 0 Å². The normalized spacial score (nSPS) is 10.5. The van der Waals surface area contributed by atoms with E-state index in [1.807, 2.05) is 0 Å². The smallest absolute Gasteiger partial charge is 0.261 e. The zero-order valence-corrected chi connectivity index (χ0v) is 9.74. The summed E-state index contributed by atoms with van der Waals surface area (Å²) < 4.78 is 38.7. The maximum atomic E-state index is 12.8. The van der Waals surface area contributed by atoms with E-state index in [9.17, 15) is 12.8 Å². The van der Waals surface area contributed by atoms with Crippen molar-refractivity contribution in [3.63, 3.8) is 0 Å². The molecule has 0 radical (unpaired) electrons. The predicted octanol–water partition coefficient (Wildman–Crippen LogP) is 1.25. The molecule has 0 fully saturated rings. The number of hydrogen-bond acceptors (Lipinski definition) is 3. The van der Waals surface area contributed by atoms with E-state index in [4.69, 9.17) is 9.66 Å². The van der Waals surface area contributed by atoms with Crippen LogP contribution in [0.5, 0.6) is 0 Å². The quantitative estimate of drug-likeness (QED) is 0.792. The largest absolute Gasteiger partial charge is 0.396 e. The van der Waals surface area contributed by atoms with Gasteiger partial charge in [0, 0.05) is 6.61 Å². The van der Waals surface area contributed by atoms with Crippen LogP contribution in [-0.4, -0.2) is 30.9 Å². The first-order chi connectivity index (χ1) is 7.34. The molecular formula is C10H15FO4S. The van der Waals surface area contributed by atoms with Crippen LogP contribution in [0.1, 0.15) is 12.0 Å². The molecule has 92 valence electrons. The minimum atomic E-state index is -3.67. The van der Waals surface area contributed by atoms with E-state index in [2.05, 4.69) is 0 Å². The van der Waals surface area contributed by atoms with Crippen LogP contribution in [0.15, 0.2) is 24.3 Å². The SMILES string of the molecule is CS(=O)(=O)O.OCCCc1ccccc1F. The highest BCUT2D eigenvalue weighted by Gasteiger charge is 1.98. The average Bonchev–Trinajstić information content (AvgIpc) is 2.14. The molecule has 16 heavy (non-hydrogen) atoms. The van der Waals surface area contributed by atoms with Crippen molar-refractivity contribution in [1.82, 2.24) is 0 Å². The maximum absolute atomic E-state index is 12.8. The third kappa shape index (κ3) is 9.57. The van der Waals surface area contributed by atoms with Crippen molar-refractivity contribution in [3.05, 3.63) is 35.6 Å². The van der Waals surface area contributed by atoms with Crippen LogP contribution in [-0.2, 0) is 16.5 Å². The van der Waals surface area contributed by atoms with Crippen LogP contribution in [0.4, 0.5) is 4.39 Å². The summed E-state index contributed by atoms with van der Waals surface area (Å²) in [5.41, 5.74) is 0.682. The molecule has 6 heteroatoms. The van der Waals surface area contributed by atoms with Gasteiger partial charge in [-0.1, -0.05) is 18.2 Å². The number of aryl methyl sites for hydroxylation is 1. The highest BCUT2D eigenvalue weighted by molar-refractivity contribution is 7.85. The fourth-order valence-electron chi connectivity index (χ4n) is 0.971. The Morgan fingerprint density at radius 2 is 1.81 bits per heavy atom. The molecule has 0 unspecified atom stereocenters. The summed E-state index contributed by atoms with van der Waals surface area (Å²) in [6.07, 6.45) is 1.96. The molecule has 0 aromatic heterocycles. The number of halogens is 1. The van der Waals surface area contributed by atoms with Gasteiger partial charge in [-0.15, -0.1) is 0 Å². The van der Waals surface area contributed by atoms with Gasteiger partial charge >= 0.3 is 0 Å². The van der Waals surface area contributed by atoms with Crippen LogP contribution in [0.25, 0.3) is 0 Å². The molecule has 0 heterocycles. The standard InChI is InChI=1S/C9H11FO.CH4O3S/c10-9-6-2-1-4-8(9)5-3-7-11;1-5(2,3)4/h1-2,4,6,11H,3,5,7H2;1H3,(H,2,3,4). The second-order valence-electron chi connectivity index (χ2n) is 3.15. The molecule has 1 rings (SSSR count). The third-order valence-corrected chi connectivity index (χ3v) is 1.56. The monoisotopic (exact) mass is 250 g/mol. The lowest BCUT2D eigenvalue weighted by Gasteiger charge is -1.99. The van der Waals surface area contributed by atoms with Crippen molar-refractivity contribution in [2.75, 3.05) is 12.9 Å². The van der Waals surface area contributed by atoms with Crippen molar-refractivity contribution in [2.24, 2.45) is 0 Å². The summed E-state index contributed by atoms with van der Waals surface area (Å²) in [7, 11) is -3.67. The molecule has 4 nitrogen and oxygen atoms in total. The van der Waals surface area contributed by atoms with Gasteiger partial charge in [-0.2, -0.15) is 8.42 Å². The Labute approximate surface area is 94.5 Å². The summed E-state index contributed by atoms with van der Waals surface area (Å²) in [6, 6.07) is 6.64. The predicted molar refractivity (Wildman–Crippen MR) is 59.3 cm³/mol. The lowest BCUT2D eigenvalue weighted by atomic mass is 10.1. The highest BCUT2D eigenvalue weighted by atomic mass is 32.2. The number of rotatable bonds is 3. The molecule has 0 saturated heterocycles. The van der Waals surface area contributed by atoms with Crippen LogP contribution in [0.3, 0.4) is 0 Å². The van der Waals surface area contributed by atoms with Gasteiger partial charge in [-0.3, -0.25) is 4.55 Å². The lowest BCUT2D eigenvalue weighted by Crippen LogP contribution is -1.92. The molecule has 0 amide bonds. The van der Waals surface area contributed by atoms with Gasteiger partial charge in [-0.25, -0.2) is 4.39 Å². The highest BCUT2D eigenvalue weighted by Crippen LogP contribution is 2.07. The van der Waals surface area contributed by atoms with Gasteiger partial charge in [-0.05, 0) is 24.5 Å². The Balaban J connectivity index is 0.000000385. The first-order valence-corrected chi connectivity index (χ1v) is 6.46. The van der Waals surface area contributed by atoms with Crippen molar-refractivity contribution in [3.8, 4) is 0 Å². The number of hydrogen-bond donors (Lipinski definition) is 2.